The topological polar surface area (TPSA) is 222 Å². The lowest BCUT2D eigenvalue weighted by molar-refractivity contribution is -0.126. The van der Waals surface area contributed by atoms with Crippen LogP contribution in [0.3, 0.4) is 0 Å². The van der Waals surface area contributed by atoms with Gasteiger partial charge in [0, 0.05) is 31.6 Å². The van der Waals surface area contributed by atoms with E-state index in [0.717, 1.165) is 11.8 Å². The van der Waals surface area contributed by atoms with Gasteiger partial charge in [0.05, 0.1) is 11.3 Å². The summed E-state index contributed by atoms with van der Waals surface area (Å²) < 4.78 is 11.4. The zero-order valence-electron chi connectivity index (χ0n) is 30.9. The van der Waals surface area contributed by atoms with Crippen LogP contribution in [-0.2, 0) is 16.0 Å². The fraction of sp³-hybridized carbons (Fsp3) is 0.421. The minimum atomic E-state index is -1.09. The zero-order valence-corrected chi connectivity index (χ0v) is 30.9. The van der Waals surface area contributed by atoms with Gasteiger partial charge in [-0.25, -0.2) is 9.97 Å². The number of aromatic nitrogens is 3. The predicted octanol–water partition coefficient (Wildman–Crippen LogP) is 3.26. The van der Waals surface area contributed by atoms with E-state index in [1.165, 1.54) is 18.1 Å². The highest BCUT2D eigenvalue weighted by Gasteiger charge is 2.43. The van der Waals surface area contributed by atoms with Gasteiger partial charge in [0.25, 0.3) is 17.7 Å². The molecule has 2 aliphatic heterocycles. The molecule has 4 aromatic rings. The van der Waals surface area contributed by atoms with Crippen LogP contribution in [0.4, 0.5) is 0 Å². The van der Waals surface area contributed by atoms with Crippen LogP contribution in [0.25, 0.3) is 0 Å². The summed E-state index contributed by atoms with van der Waals surface area (Å²) in [6.45, 7) is 10.2. The third-order valence-electron chi connectivity index (χ3n) is 9.67. The molecule has 1 aromatic carbocycles. The van der Waals surface area contributed by atoms with Gasteiger partial charge in [0.2, 0.25) is 23.6 Å². The van der Waals surface area contributed by atoms with Gasteiger partial charge in [-0.3, -0.25) is 28.8 Å². The molecular weight excluding hydrogens is 696 g/mol. The van der Waals surface area contributed by atoms with Crippen LogP contribution >= 0.6 is 0 Å². The second-order valence-electron chi connectivity index (χ2n) is 14.3. The van der Waals surface area contributed by atoms with E-state index in [0.29, 0.717) is 28.9 Å². The van der Waals surface area contributed by atoms with Crippen molar-refractivity contribution in [3.05, 3.63) is 94.1 Å². The van der Waals surface area contributed by atoms with Crippen molar-refractivity contribution in [3.8, 4) is 0 Å². The molecule has 284 valence electrons. The lowest BCUT2D eigenvalue weighted by Crippen LogP contribution is -2.48. The highest BCUT2D eigenvalue weighted by atomic mass is 16.3. The molecule has 16 heteroatoms. The fourth-order valence-electron chi connectivity index (χ4n) is 7.03. The van der Waals surface area contributed by atoms with Crippen LogP contribution in [0, 0.1) is 19.8 Å². The van der Waals surface area contributed by atoms with Crippen molar-refractivity contribution in [2.45, 2.75) is 91.0 Å². The lowest BCUT2D eigenvalue weighted by Gasteiger charge is -2.25. The second-order valence-corrected chi connectivity index (χ2v) is 14.3. The molecule has 16 nitrogen and oxygen atoms in total. The number of hydrogen-bond donors (Lipinski definition) is 5. The average molecular weight is 741 g/mol. The smallest absolute Gasteiger partial charge is 0.276 e. The van der Waals surface area contributed by atoms with E-state index in [2.05, 4.69) is 36.2 Å². The Hall–Kier alpha value is -6.06. The summed E-state index contributed by atoms with van der Waals surface area (Å²) in [6, 6.07) is 4.90. The molecule has 5 heterocycles. The molecule has 0 aliphatic carbocycles. The summed E-state index contributed by atoms with van der Waals surface area (Å²) in [6.07, 6.45) is 2.90. The van der Waals surface area contributed by atoms with Crippen LogP contribution in [0.2, 0.25) is 0 Å². The number of oxazole rings is 2. The molecule has 6 rings (SSSR count). The van der Waals surface area contributed by atoms with Gasteiger partial charge in [-0.1, -0.05) is 44.2 Å². The number of fused-ring (bicyclic) bond motifs is 5. The Morgan fingerprint density at radius 1 is 0.926 bits per heavy atom. The third-order valence-corrected chi connectivity index (χ3v) is 9.67. The van der Waals surface area contributed by atoms with Crippen LogP contribution in [0.1, 0.15) is 123 Å². The number of benzene rings is 1. The highest BCUT2D eigenvalue weighted by molar-refractivity contribution is 6.03. The molecule has 4 bridgehead atoms. The molecule has 0 radical (unpaired) electrons. The summed E-state index contributed by atoms with van der Waals surface area (Å²) in [4.78, 5) is 94.2. The normalized spacial score (nSPS) is 22.2. The van der Waals surface area contributed by atoms with Crippen LogP contribution < -0.4 is 21.3 Å². The Kier molecular flexibility index (Phi) is 10.8. The number of nitrogens with zero attached hydrogens (tertiary/aromatic N) is 3. The number of ketones is 1. The molecule has 2 aliphatic rings. The maximum atomic E-state index is 14.3. The van der Waals surface area contributed by atoms with Crippen molar-refractivity contribution in [2.75, 3.05) is 6.54 Å². The number of aromatic amines is 1. The lowest BCUT2D eigenvalue weighted by atomic mass is 10.0. The van der Waals surface area contributed by atoms with E-state index in [9.17, 15) is 28.8 Å². The van der Waals surface area contributed by atoms with Crippen molar-refractivity contribution in [1.29, 1.82) is 0 Å². The van der Waals surface area contributed by atoms with E-state index in [4.69, 9.17) is 8.83 Å². The van der Waals surface area contributed by atoms with Crippen LogP contribution in [0.15, 0.2) is 51.7 Å². The number of hydrogen-bond acceptors (Lipinski definition) is 10. The predicted molar refractivity (Wildman–Crippen MR) is 192 cm³/mol. The van der Waals surface area contributed by atoms with Gasteiger partial charge in [0.15, 0.2) is 17.2 Å². The Balaban J connectivity index is 1.36. The Bertz CT molecular complexity index is 2080. The van der Waals surface area contributed by atoms with E-state index in [1.54, 1.807) is 20.8 Å². The first-order valence-corrected chi connectivity index (χ1v) is 17.9. The SMILES string of the molecule is CC(=O)c1[nH]c(C)c(C(=O)N[C@H]2C[C@H]3C(=O)N[C@@H](Cc4ccccc4)c4nc(co4)C(=O)N[C@H](CC(C)C)C(=O)N[C@H](C)c4nc(co4)C(=O)N3C2)c1C. The Labute approximate surface area is 311 Å². The Morgan fingerprint density at radius 2 is 1.61 bits per heavy atom. The minimum Gasteiger partial charge on any atom is -0.446 e. The van der Waals surface area contributed by atoms with Gasteiger partial charge in [-0.05, 0) is 50.7 Å². The first kappa shape index (κ1) is 37.7. The maximum Gasteiger partial charge on any atom is 0.276 e. The van der Waals surface area contributed by atoms with Gasteiger partial charge in [0.1, 0.15) is 36.7 Å². The maximum absolute atomic E-state index is 14.3. The summed E-state index contributed by atoms with van der Waals surface area (Å²) in [5.41, 5.74) is 2.28. The van der Waals surface area contributed by atoms with Gasteiger partial charge in [-0.15, -0.1) is 0 Å². The quantitative estimate of drug-likeness (QED) is 0.174. The zero-order chi connectivity index (χ0) is 38.8. The number of carbonyl (C=O) groups excluding carboxylic acids is 6. The summed E-state index contributed by atoms with van der Waals surface area (Å²) in [7, 11) is 0. The van der Waals surface area contributed by atoms with E-state index < -0.39 is 59.7 Å². The molecular formula is C38H44N8O8. The number of nitrogens with one attached hydrogen (secondary N) is 5. The first-order valence-electron chi connectivity index (χ1n) is 17.9. The molecule has 0 spiro atoms. The molecule has 5 atom stereocenters. The average Bonchev–Trinajstić information content (AvgIpc) is 3.93. The molecule has 5 amide bonds. The van der Waals surface area contributed by atoms with E-state index >= 15 is 0 Å². The van der Waals surface area contributed by atoms with Crippen molar-refractivity contribution in [2.24, 2.45) is 5.92 Å². The summed E-state index contributed by atoms with van der Waals surface area (Å²) >= 11 is 0. The van der Waals surface area contributed by atoms with Gasteiger partial charge < -0.3 is 40.0 Å². The minimum absolute atomic E-state index is 0.0367. The molecule has 1 fully saturated rings. The van der Waals surface area contributed by atoms with Gasteiger partial charge >= 0.3 is 0 Å². The number of Topliss-reactive ketones (excluding diaryl/α,β-unsaturated/α-hetero) is 1. The Morgan fingerprint density at radius 3 is 2.30 bits per heavy atom. The van der Waals surface area contributed by atoms with Crippen LogP contribution in [0.5, 0.6) is 0 Å². The van der Waals surface area contributed by atoms with E-state index in [1.807, 2.05) is 44.2 Å². The summed E-state index contributed by atoms with van der Waals surface area (Å²) in [5, 5.41) is 11.5. The third kappa shape index (κ3) is 7.96. The highest BCUT2D eigenvalue weighted by Crippen LogP contribution is 2.27. The fourth-order valence-corrected chi connectivity index (χ4v) is 7.03. The largest absolute Gasteiger partial charge is 0.446 e. The molecule has 0 saturated carbocycles. The standard InChI is InChI=1S/C38H44N8O8/c1-18(2)12-25-32(48)40-21(5)36-45-28(17-53-36)38(52)46-15-24(41-35(51)30-19(3)31(22(6)47)39-20(30)4)14-29(46)34(50)43-26(13-23-10-8-7-9-11-23)37-44-27(16-54-37)33(49)42-25/h7-11,16-18,21,24-26,29,39H,12-15H2,1-6H3,(H,40,48)(H,41,51)(H,42,49)(H,43,50)/t21-,24+,25-,26+,29+/m1/s1. The van der Waals surface area contributed by atoms with Crippen molar-refractivity contribution in [3.63, 3.8) is 0 Å². The second kappa shape index (κ2) is 15.5. The molecule has 3 aromatic heterocycles. The van der Waals surface area contributed by atoms with Gasteiger partial charge in [-0.2, -0.15) is 0 Å². The van der Waals surface area contributed by atoms with Crippen molar-refractivity contribution < 1.29 is 37.6 Å². The molecule has 1 saturated heterocycles. The molecule has 54 heavy (non-hydrogen) atoms. The summed E-state index contributed by atoms with van der Waals surface area (Å²) in [5.74, 6) is -2.88. The monoisotopic (exact) mass is 740 g/mol. The van der Waals surface area contributed by atoms with Crippen molar-refractivity contribution in [1.82, 2.24) is 41.1 Å². The number of aryl methyl sites for hydroxylation is 1. The number of amides is 5. The number of rotatable bonds is 7. The molecule has 0 unspecified atom stereocenters. The first-order chi connectivity index (χ1) is 25.7. The van der Waals surface area contributed by atoms with Crippen LogP contribution in [-0.4, -0.2) is 79.8 Å². The van der Waals surface area contributed by atoms with E-state index in [-0.39, 0.29) is 54.3 Å². The number of H-pyrrole nitrogens is 1. The van der Waals surface area contributed by atoms with Crippen molar-refractivity contribution >= 4 is 35.3 Å². The number of carbonyl (C=O) groups is 6. The molecule has 5 N–H and O–H groups in total.